The number of hydrogen-bond donors (Lipinski definition) is 1. The van der Waals surface area contributed by atoms with Crippen LogP contribution < -0.4 is 9.50 Å². The van der Waals surface area contributed by atoms with Crippen molar-refractivity contribution < 1.29 is 17.4 Å². The zero-order valence-corrected chi connectivity index (χ0v) is 17.1. The Morgan fingerprint density at radius 3 is 2.68 bits per heavy atom. The first-order chi connectivity index (χ1) is 13.4. The number of amides is 1. The minimum Gasteiger partial charge on any atom is -0.379 e. The van der Waals surface area contributed by atoms with Crippen molar-refractivity contribution in [3.63, 3.8) is 0 Å². The molecule has 1 aliphatic rings. The number of hydrogen-bond acceptors (Lipinski definition) is 7. The molecule has 1 amide bonds. The first-order valence-electron chi connectivity index (χ1n) is 8.26. The largest absolute Gasteiger partial charge is 0.379 e. The third kappa shape index (κ3) is 5.12. The molecule has 0 aliphatic carbocycles. The number of carbonyl (C=O) groups excluding carboxylic acids is 1. The summed E-state index contributed by atoms with van der Waals surface area (Å²) in [5.74, 6) is 0.0606. The van der Waals surface area contributed by atoms with Crippen molar-refractivity contribution >= 4 is 50.8 Å². The van der Waals surface area contributed by atoms with Crippen LogP contribution in [0.3, 0.4) is 0 Å². The second-order valence-electron chi connectivity index (χ2n) is 5.72. The Kier molecular flexibility index (Phi) is 6.38. The minimum absolute atomic E-state index is 0.00171. The Balaban J connectivity index is 1.70. The lowest BCUT2D eigenvalue weighted by Gasteiger charge is -2.07. The molecule has 28 heavy (non-hydrogen) atoms. The third-order valence-electron chi connectivity index (χ3n) is 3.67. The summed E-state index contributed by atoms with van der Waals surface area (Å²) in [5, 5.41) is 11.3. The van der Waals surface area contributed by atoms with E-state index in [0.29, 0.717) is 22.2 Å². The van der Waals surface area contributed by atoms with Crippen LogP contribution in [-0.4, -0.2) is 31.0 Å². The van der Waals surface area contributed by atoms with Gasteiger partial charge in [0.25, 0.3) is 0 Å². The number of thioether (sulfide) groups is 1. The molecule has 10 heteroatoms. The summed E-state index contributed by atoms with van der Waals surface area (Å²) in [6.45, 7) is 1.92. The molecule has 0 spiro atoms. The highest BCUT2D eigenvalue weighted by atomic mass is 35.5. The van der Waals surface area contributed by atoms with E-state index in [1.165, 1.54) is 54.4 Å². The average molecular weight is 438 g/mol. The van der Waals surface area contributed by atoms with E-state index in [1.54, 1.807) is 12.1 Å². The maximum atomic E-state index is 12.3. The zero-order chi connectivity index (χ0) is 20.1. The Morgan fingerprint density at radius 1 is 1.25 bits per heavy atom. The van der Waals surface area contributed by atoms with E-state index in [0.717, 1.165) is 0 Å². The van der Waals surface area contributed by atoms with Gasteiger partial charge in [-0.3, -0.25) is 4.79 Å². The van der Waals surface area contributed by atoms with E-state index >= 15 is 0 Å². The van der Waals surface area contributed by atoms with Crippen LogP contribution in [-0.2, 0) is 14.9 Å². The Morgan fingerprint density at radius 2 is 2.00 bits per heavy atom. The predicted octanol–water partition coefficient (Wildman–Crippen LogP) is 3.44. The zero-order valence-electron chi connectivity index (χ0n) is 14.7. The fourth-order valence-electron chi connectivity index (χ4n) is 2.29. The summed E-state index contributed by atoms with van der Waals surface area (Å²) in [6.07, 6.45) is 2.15. The lowest BCUT2D eigenvalue weighted by molar-refractivity contribution is -0.118. The van der Waals surface area contributed by atoms with Crippen LogP contribution >= 0.6 is 23.4 Å². The number of rotatable bonds is 6. The topological polar surface area (TPSA) is 97.2 Å². The lowest BCUT2D eigenvalue weighted by atomic mass is 10.2. The number of nitrogens with one attached hydrogen (secondary N) is 1. The molecule has 1 unspecified atom stereocenters. The summed E-state index contributed by atoms with van der Waals surface area (Å²) in [7, 11) is -3.98. The highest BCUT2D eigenvalue weighted by Gasteiger charge is 2.28. The van der Waals surface area contributed by atoms with Crippen LogP contribution in [0.5, 0.6) is 5.75 Å². The van der Waals surface area contributed by atoms with Gasteiger partial charge in [-0.15, -0.1) is 5.10 Å². The van der Waals surface area contributed by atoms with Gasteiger partial charge in [0, 0.05) is 5.02 Å². The van der Waals surface area contributed by atoms with Crippen molar-refractivity contribution in [3.8, 4) is 5.75 Å². The second kappa shape index (κ2) is 8.76. The standard InChI is InChI=1S/C18H16ClN3O4S2/c1-2-16-17(23)21-18(27-16)22-20-11-12-4-3-5-14(10-12)26-28(24,25)15-8-6-13(19)7-9-15/h3-11,16H,2H2,1H3,(H,21,22,23). The highest BCUT2D eigenvalue weighted by Crippen LogP contribution is 2.22. The van der Waals surface area contributed by atoms with Gasteiger partial charge in [0.05, 0.1) is 11.5 Å². The van der Waals surface area contributed by atoms with Gasteiger partial charge in [0.2, 0.25) is 5.91 Å². The number of benzene rings is 2. The molecule has 1 atom stereocenters. The SMILES string of the molecule is CCC1SC(=NN=Cc2cccc(OS(=O)(=O)c3ccc(Cl)cc3)c2)NC1=O. The van der Waals surface area contributed by atoms with E-state index in [9.17, 15) is 13.2 Å². The van der Waals surface area contributed by atoms with Crippen LogP contribution in [0.2, 0.25) is 5.02 Å². The van der Waals surface area contributed by atoms with E-state index in [4.69, 9.17) is 15.8 Å². The summed E-state index contributed by atoms with van der Waals surface area (Å²) >= 11 is 7.10. The summed E-state index contributed by atoms with van der Waals surface area (Å²) in [4.78, 5) is 11.6. The van der Waals surface area contributed by atoms with Crippen LogP contribution in [0.4, 0.5) is 0 Å². The number of nitrogens with zero attached hydrogens (tertiary/aromatic N) is 2. The lowest BCUT2D eigenvalue weighted by Crippen LogP contribution is -2.24. The molecule has 2 aromatic carbocycles. The van der Waals surface area contributed by atoms with Crippen molar-refractivity contribution in [2.24, 2.45) is 10.2 Å². The molecule has 2 aromatic rings. The van der Waals surface area contributed by atoms with Gasteiger partial charge < -0.3 is 9.50 Å². The van der Waals surface area contributed by atoms with Gasteiger partial charge in [0.15, 0.2) is 5.17 Å². The Labute approximate surface area is 172 Å². The number of halogens is 1. The monoisotopic (exact) mass is 437 g/mol. The van der Waals surface area contributed by atoms with Crippen LogP contribution in [0.25, 0.3) is 0 Å². The average Bonchev–Trinajstić information content (AvgIpc) is 3.02. The molecular weight excluding hydrogens is 422 g/mol. The molecule has 1 aliphatic heterocycles. The normalized spacial score (nSPS) is 18.6. The third-order valence-corrected chi connectivity index (χ3v) is 6.42. The van der Waals surface area contributed by atoms with E-state index in [2.05, 4.69) is 15.5 Å². The van der Waals surface area contributed by atoms with E-state index < -0.39 is 10.1 Å². The minimum atomic E-state index is -3.98. The van der Waals surface area contributed by atoms with Crippen LogP contribution in [0.1, 0.15) is 18.9 Å². The molecule has 1 N–H and O–H groups in total. The summed E-state index contributed by atoms with van der Waals surface area (Å²) < 4.78 is 29.8. The molecule has 0 radical (unpaired) electrons. The van der Waals surface area contributed by atoms with Crippen LogP contribution in [0.15, 0.2) is 63.6 Å². The van der Waals surface area contributed by atoms with Crippen molar-refractivity contribution in [3.05, 3.63) is 59.1 Å². The first kappa shape index (κ1) is 20.4. The molecule has 1 fully saturated rings. The molecule has 146 valence electrons. The fraction of sp³-hybridized carbons (Fsp3) is 0.167. The summed E-state index contributed by atoms with van der Waals surface area (Å²) in [5.41, 5.74) is 0.592. The molecule has 0 saturated carbocycles. The molecule has 1 saturated heterocycles. The van der Waals surface area contributed by atoms with Gasteiger partial charge >= 0.3 is 10.1 Å². The molecule has 3 rings (SSSR count). The van der Waals surface area contributed by atoms with Gasteiger partial charge in [-0.05, 0) is 48.4 Å². The van der Waals surface area contributed by atoms with E-state index in [1.807, 2.05) is 6.92 Å². The predicted molar refractivity (Wildman–Crippen MR) is 111 cm³/mol. The number of carbonyl (C=O) groups is 1. The molecule has 7 nitrogen and oxygen atoms in total. The van der Waals surface area contributed by atoms with Gasteiger partial charge in [-0.1, -0.05) is 42.4 Å². The smallest absolute Gasteiger partial charge is 0.339 e. The van der Waals surface area contributed by atoms with Gasteiger partial charge in [-0.2, -0.15) is 13.5 Å². The summed E-state index contributed by atoms with van der Waals surface area (Å²) in [6, 6.07) is 12.1. The second-order valence-corrected chi connectivity index (χ2v) is 8.89. The first-order valence-corrected chi connectivity index (χ1v) is 10.9. The van der Waals surface area contributed by atoms with Crippen LogP contribution in [0, 0.1) is 0 Å². The van der Waals surface area contributed by atoms with Gasteiger partial charge in [-0.25, -0.2) is 0 Å². The molecule has 0 bridgehead atoms. The van der Waals surface area contributed by atoms with Gasteiger partial charge in [0.1, 0.15) is 10.6 Å². The maximum Gasteiger partial charge on any atom is 0.339 e. The quantitative estimate of drug-likeness (QED) is 0.424. The van der Waals surface area contributed by atoms with E-state index in [-0.39, 0.29) is 21.8 Å². The molecule has 1 heterocycles. The molecule has 0 aromatic heterocycles. The maximum absolute atomic E-state index is 12.3. The Bertz CT molecular complexity index is 1040. The fourth-order valence-corrected chi connectivity index (χ4v) is 4.20. The van der Waals surface area contributed by atoms with Crippen molar-refractivity contribution in [1.82, 2.24) is 5.32 Å². The molecular formula is C18H16ClN3O4S2. The number of amidine groups is 1. The van der Waals surface area contributed by atoms with Crippen molar-refractivity contribution in [2.45, 2.75) is 23.5 Å². The highest BCUT2D eigenvalue weighted by molar-refractivity contribution is 8.15. The Hall–Kier alpha value is -2.36. The van der Waals surface area contributed by atoms with Crippen molar-refractivity contribution in [2.75, 3.05) is 0 Å². The van der Waals surface area contributed by atoms with Crippen molar-refractivity contribution in [1.29, 1.82) is 0 Å².